The molecule has 50 heteroatoms. The van der Waals surface area contributed by atoms with Gasteiger partial charge in [0.25, 0.3) is 0 Å². The highest BCUT2D eigenvalue weighted by Gasteiger charge is 2.60. The van der Waals surface area contributed by atoms with Gasteiger partial charge in [0, 0.05) is 92.3 Å². The minimum atomic E-state index is -1.94. The van der Waals surface area contributed by atoms with Gasteiger partial charge in [0.15, 0.2) is 56.6 Å². The van der Waals surface area contributed by atoms with E-state index in [2.05, 4.69) is 0 Å². The van der Waals surface area contributed by atoms with Gasteiger partial charge in [0.2, 0.25) is 0 Å². The zero-order chi connectivity index (χ0) is 92.8. The minimum absolute atomic E-state index is 0.0715. The molecule has 0 aromatic rings. The molecule has 9 aliphatic heterocycles. The van der Waals surface area contributed by atoms with Crippen LogP contribution in [0.25, 0.3) is 0 Å². The van der Waals surface area contributed by atoms with Crippen molar-refractivity contribution in [1.29, 1.82) is 0 Å². The highest BCUT2D eigenvalue weighted by molar-refractivity contribution is 5.07. The lowest BCUT2D eigenvalue weighted by atomic mass is 9.84. The summed E-state index contributed by atoms with van der Waals surface area (Å²) in [7, 11) is 0. The summed E-state index contributed by atoms with van der Waals surface area (Å²) in [5.74, 6) is -2.15. The van der Waals surface area contributed by atoms with Crippen molar-refractivity contribution < 1.29 is 171 Å². The highest BCUT2D eigenvalue weighted by Crippen LogP contribution is 2.42. The molecular weight excluding hydrogens is 1690 g/mol. The molecule has 0 bridgehead atoms. The summed E-state index contributed by atoms with van der Waals surface area (Å²) in [6.07, 6.45) is -43.6. The average molecular weight is 1840 g/mol. The molecule has 0 aromatic carbocycles. The second-order valence-corrected chi connectivity index (χ2v) is 35.6. The molecule has 12 aliphatic rings. The van der Waals surface area contributed by atoms with Gasteiger partial charge in [-0.05, 0) is 57.8 Å². The molecule has 55 atom stereocenters. The number of hydrogen-bond acceptors (Lipinski definition) is 49. The van der Waals surface area contributed by atoms with Crippen LogP contribution in [0, 0.1) is 17.8 Å². The van der Waals surface area contributed by atoms with Crippen LogP contribution in [-0.2, 0) is 85.3 Å². The molecule has 0 radical (unpaired) electrons. The van der Waals surface area contributed by atoms with Crippen LogP contribution in [0.3, 0.4) is 0 Å². The summed E-state index contributed by atoms with van der Waals surface area (Å²) in [5, 5.41) is 169. The molecule has 12 fully saturated rings. The predicted octanol–water partition coefficient (Wildman–Crippen LogP) is -16.1. The van der Waals surface area contributed by atoms with E-state index in [0.29, 0.717) is 38.5 Å². The van der Waals surface area contributed by atoms with Crippen LogP contribution in [0.4, 0.5) is 4.39 Å². The van der Waals surface area contributed by atoms with Crippen LogP contribution in [0.2, 0.25) is 0 Å². The fourth-order valence-electron chi connectivity index (χ4n) is 18.2. The van der Waals surface area contributed by atoms with Gasteiger partial charge in [-0.2, -0.15) is 0 Å². The molecule has 3 saturated carbocycles. The van der Waals surface area contributed by atoms with Crippen molar-refractivity contribution in [3.63, 3.8) is 0 Å². The van der Waals surface area contributed by atoms with Crippen molar-refractivity contribution in [3.8, 4) is 0 Å². The zero-order valence-corrected chi connectivity index (χ0v) is 71.6. The third-order valence-corrected chi connectivity index (χ3v) is 26.7. The van der Waals surface area contributed by atoms with Gasteiger partial charge in [-0.15, -0.1) is 0 Å². The molecule has 0 spiro atoms. The third kappa shape index (κ3) is 23.8. The molecule has 126 heavy (non-hydrogen) atoms. The van der Waals surface area contributed by atoms with Crippen LogP contribution in [0.5, 0.6) is 0 Å². The van der Waals surface area contributed by atoms with E-state index in [1.54, 1.807) is 20.8 Å². The summed E-state index contributed by atoms with van der Waals surface area (Å²) in [6, 6.07) is -7.42. The number of hydrogen-bond donors (Lipinski definition) is 31. The molecule has 49 nitrogen and oxygen atoms in total. The van der Waals surface area contributed by atoms with Crippen molar-refractivity contribution in [3.05, 3.63) is 0 Å². The molecule has 0 amide bonds. The van der Waals surface area contributed by atoms with E-state index in [0.717, 1.165) is 0 Å². The minimum Gasteiger partial charge on any atom is -0.394 e. The number of rotatable bonds is 29. The largest absolute Gasteiger partial charge is 0.394 e. The molecule has 9 saturated heterocycles. The smallest absolute Gasteiger partial charge is 0.187 e. The first kappa shape index (κ1) is 106. The van der Waals surface area contributed by atoms with Crippen LogP contribution in [-0.4, -0.2) is 446 Å². The maximum Gasteiger partial charge on any atom is 0.187 e. The van der Waals surface area contributed by atoms with E-state index in [1.165, 1.54) is 0 Å². The van der Waals surface area contributed by atoms with Gasteiger partial charge in [0.05, 0.1) is 86.8 Å². The highest BCUT2D eigenvalue weighted by atomic mass is 19.1. The second-order valence-electron chi connectivity index (χ2n) is 35.6. The maximum atomic E-state index is 14.7. The first-order chi connectivity index (χ1) is 59.7. The molecule has 12 rings (SSSR count). The lowest BCUT2D eigenvalue weighted by Gasteiger charge is -2.47. The van der Waals surface area contributed by atoms with Crippen LogP contribution in [0.15, 0.2) is 0 Å². The van der Waals surface area contributed by atoms with E-state index >= 15 is 0 Å². The van der Waals surface area contributed by atoms with Gasteiger partial charge in [-0.25, -0.2) is 4.39 Å². The number of alkyl halides is 1. The Balaban J connectivity index is 0.000000197. The Hall–Kier alpha value is -2.03. The quantitative estimate of drug-likeness (QED) is 0.0331. The second kappa shape index (κ2) is 47.2. The van der Waals surface area contributed by atoms with Gasteiger partial charge in [-0.3, -0.25) is 0 Å². The summed E-state index contributed by atoms with van der Waals surface area (Å²) in [6.45, 7) is 6.47. The summed E-state index contributed by atoms with van der Waals surface area (Å²) < 4.78 is 121. The topological polar surface area (TPSA) is 880 Å². The molecule has 0 unspecified atom stereocenters. The Morgan fingerprint density at radius 3 is 0.794 bits per heavy atom. The number of aliphatic hydroxyl groups excluding tert-OH is 16. The number of nitrogens with two attached hydrogens (primary N) is 15. The number of halogens is 1. The molecular formula is C76H148FN15O34. The van der Waals surface area contributed by atoms with E-state index in [9.17, 15) is 86.1 Å². The normalized spacial score (nSPS) is 51.9. The summed E-state index contributed by atoms with van der Waals surface area (Å²) >= 11 is 0. The van der Waals surface area contributed by atoms with Crippen molar-refractivity contribution in [2.24, 2.45) is 104 Å². The Morgan fingerprint density at radius 2 is 0.524 bits per heavy atom. The maximum absolute atomic E-state index is 14.7. The average Bonchev–Trinajstić information content (AvgIpc) is 1.69. The first-order valence-electron chi connectivity index (χ1n) is 43.9. The van der Waals surface area contributed by atoms with Crippen molar-refractivity contribution in [1.82, 2.24) is 0 Å². The van der Waals surface area contributed by atoms with Gasteiger partial charge in [-0.1, -0.05) is 34.6 Å². The Morgan fingerprint density at radius 1 is 0.278 bits per heavy atom. The van der Waals surface area contributed by atoms with Gasteiger partial charge in [0.1, 0.15) is 147 Å². The van der Waals surface area contributed by atoms with Gasteiger partial charge >= 0.3 is 0 Å². The molecule has 0 aromatic heterocycles. The SMILES string of the molecule is CC[C@@H](N)[C@@H]1CC[C@@H](N)[C@@H](O[C@H]2[C@H](O[C@@H]3O[C@H](CO)[C@@H](O[C@H]4O[C@@H](CN)[C@@H](O)[C@H](O)[C@H]4C)[C@H]3O)[C@@H](O)[C@H](N)C[C@@H]2N)O1.CC[C@H](N)[C@@H]1CC[C@@H](N)[C@@H](O[C@H]2[C@H](O[C@@H]3O[C@H](CO)[C@@H](O[C@H]4O[C@@H](CN)[C@@H](O)[C@H](O)[C@H]4C)[C@H]3O)[C@@H](O)[C@H](N)C[C@@H]2N)O1.C[C@H]1[C@@H](O[C@H]2[C@@H](O)[C@H](O[C@@H]3[C@@H](O)[C@H](N)C[C@H](N)[C@H]3O[C@H]3O[C@H](CN)[C@@H](O)[C@H](F)[C@H]3N)O[C@@H]2CO)O[C@@H](CN)[C@@H](O)[C@@H]1O. The summed E-state index contributed by atoms with van der Waals surface area (Å²) in [5.41, 5.74) is 91.1. The van der Waals surface area contributed by atoms with E-state index in [-0.39, 0.29) is 69.7 Å². The fourth-order valence-corrected chi connectivity index (χ4v) is 18.2. The molecule has 3 aliphatic carbocycles. The predicted molar refractivity (Wildman–Crippen MR) is 430 cm³/mol. The zero-order valence-electron chi connectivity index (χ0n) is 71.6. The van der Waals surface area contributed by atoms with E-state index in [4.69, 9.17) is 171 Å². The lowest BCUT2D eigenvalue weighted by molar-refractivity contribution is -0.303. The van der Waals surface area contributed by atoms with Crippen LogP contribution in [0.1, 0.15) is 92.4 Å². The van der Waals surface area contributed by atoms with Crippen LogP contribution >= 0.6 is 0 Å². The lowest BCUT2D eigenvalue weighted by Crippen LogP contribution is -2.67. The van der Waals surface area contributed by atoms with Crippen molar-refractivity contribution in [2.45, 2.75) is 411 Å². The van der Waals surface area contributed by atoms with E-state index < -0.39 is 332 Å². The number of ether oxygens (including phenoxy) is 18. The molecule has 9 heterocycles. The standard InChI is InChI=1S/2C26H51N5O11.C24H46FN5O12/c2*1-3-10(28)14-5-4-11(29)25(37-14)40-21-13(31)6-12(30)18(34)23(21)42-26-20(36)22(16(8-32)39-26)41-24-9(2)17(33)19(35)15(7-27)38-24;1-6-14(32)17(35)10(4-27)37-22(6)41-20-11(5-31)39-24(18(20)36)42-21-15(33)7(28)2-8(29)19(21)40-23-13(30)12(25)16(34)9(3-26)38-23/h2*9-26,32-36H,3-8,27-31H2,1-2H3;6-24,31-36H,2-5,26-30H2,1H3/t9-,10+,11-,12-,13+,14+,15+,16-,17-,18+,19-,20-,21-,22-,23-,24-,25-,26+;9-,10-,11-,12-,13+,14+,15+,16-,17-,18+,19-,20-,21-,22-,23-,24-,25-,26+;6-,7-,8+,9-,10+,11-,12-,13-,14-,15+,16-,17-,18-,19-,20-,21-,22-,23-,24+/m111/s1. The van der Waals surface area contributed by atoms with Crippen LogP contribution < -0.4 is 86.0 Å². The Labute approximate surface area is 729 Å². The summed E-state index contributed by atoms with van der Waals surface area (Å²) in [4.78, 5) is 0. The molecule has 738 valence electrons. The first-order valence-corrected chi connectivity index (χ1v) is 43.9. The fraction of sp³-hybridized carbons (Fsp3) is 1.00. The number of aliphatic hydroxyl groups is 16. The van der Waals surface area contributed by atoms with E-state index in [1.807, 2.05) is 13.8 Å². The van der Waals surface area contributed by atoms with Gasteiger partial charge < -0.3 is 253 Å². The van der Waals surface area contributed by atoms with Crippen molar-refractivity contribution >= 4 is 0 Å². The third-order valence-electron chi connectivity index (χ3n) is 26.7. The Bertz CT molecular complexity index is 3070. The van der Waals surface area contributed by atoms with Crippen molar-refractivity contribution in [2.75, 3.05) is 46.0 Å². The monoisotopic (exact) mass is 1830 g/mol. The Kier molecular flexibility index (Phi) is 39.7. The molecule has 46 N–H and O–H groups in total.